The number of nitrogens with one attached hydrogen (secondary N) is 5. The summed E-state index contributed by atoms with van der Waals surface area (Å²) in [5, 5.41) is 14.3. The molecule has 2 saturated heterocycles. The molecule has 2 aromatic carbocycles. The van der Waals surface area contributed by atoms with Crippen molar-refractivity contribution in [3.8, 4) is 11.1 Å². The lowest BCUT2D eigenvalue weighted by atomic mass is 9.43. The van der Waals surface area contributed by atoms with Crippen molar-refractivity contribution in [1.82, 2.24) is 31.5 Å². The molecule has 16 nitrogen and oxygen atoms in total. The second-order valence-corrected chi connectivity index (χ2v) is 20.7. The van der Waals surface area contributed by atoms with Crippen molar-refractivity contribution in [2.75, 3.05) is 26.2 Å². The molecule has 378 valence electrons. The predicted molar refractivity (Wildman–Crippen MR) is 267 cm³/mol. The van der Waals surface area contributed by atoms with Gasteiger partial charge in [-0.2, -0.15) is 0 Å². The average molecular weight is 955 g/mol. The summed E-state index contributed by atoms with van der Waals surface area (Å²) in [4.78, 5) is 83.1. The Kier molecular flexibility index (Phi) is 18.9. The lowest BCUT2D eigenvalue weighted by molar-refractivity contribution is -0.199. The van der Waals surface area contributed by atoms with Gasteiger partial charge < -0.3 is 52.3 Å². The van der Waals surface area contributed by atoms with Gasteiger partial charge in [0.15, 0.2) is 0 Å². The fraction of sp³-hybridized carbons (Fsp3) is 0.654. The molecule has 5 fully saturated rings. The molecule has 0 spiro atoms. The Hall–Kier alpha value is -4.84. The highest BCUT2D eigenvalue weighted by Gasteiger charge is 2.68. The number of hydrogen-bond acceptors (Lipinski definition) is 10. The molecule has 17 heteroatoms. The van der Waals surface area contributed by atoms with Crippen LogP contribution < -0.4 is 38.1 Å². The Morgan fingerprint density at radius 1 is 0.797 bits per heavy atom. The Bertz CT molecular complexity index is 2090. The van der Waals surface area contributed by atoms with Crippen LogP contribution in [0, 0.1) is 17.3 Å². The SMILES string of the molecule is CCCCc1ccc(-c2ccc(C(=O)NCCC(=O)N[C@@H](CCCCN)C(=O)N3CCC[C@H]3C(=O)N[C@@H](C)C(=O)N[C@@H](CCCCN)C(=O)N[C@@H](C)B3OC4C[C@@H]5C[C@@H](C5(C)C)[C@]4(C)O3)cc2)cc1. The van der Waals surface area contributed by atoms with Crippen LogP contribution in [0.15, 0.2) is 48.5 Å². The fourth-order valence-electron chi connectivity index (χ4n) is 10.9. The fourth-order valence-corrected chi connectivity index (χ4v) is 10.9. The number of hydrogen-bond donors (Lipinski definition) is 7. The number of nitrogens with zero attached hydrogens (tertiary/aromatic N) is 1. The molecule has 1 unspecified atom stereocenters. The van der Waals surface area contributed by atoms with Crippen LogP contribution in [0.2, 0.25) is 0 Å². The lowest BCUT2D eigenvalue weighted by Crippen LogP contribution is -2.65. The molecule has 2 bridgehead atoms. The molecule has 6 amide bonds. The van der Waals surface area contributed by atoms with Gasteiger partial charge in [0.1, 0.15) is 24.2 Å². The van der Waals surface area contributed by atoms with Gasteiger partial charge >= 0.3 is 7.12 Å². The zero-order valence-electron chi connectivity index (χ0n) is 41.9. The topological polar surface area (TPSA) is 236 Å². The van der Waals surface area contributed by atoms with E-state index in [9.17, 15) is 28.8 Å². The molecule has 9 atom stereocenters. The van der Waals surface area contributed by atoms with Crippen molar-refractivity contribution < 1.29 is 38.1 Å². The van der Waals surface area contributed by atoms with Crippen LogP contribution in [0.4, 0.5) is 0 Å². The number of aryl methyl sites for hydroxylation is 1. The predicted octanol–water partition coefficient (Wildman–Crippen LogP) is 4.31. The van der Waals surface area contributed by atoms with Crippen molar-refractivity contribution in [3.05, 3.63) is 59.7 Å². The highest BCUT2D eigenvalue weighted by Crippen LogP contribution is 2.65. The quantitative estimate of drug-likeness (QED) is 0.0550. The summed E-state index contributed by atoms with van der Waals surface area (Å²) < 4.78 is 13.0. The van der Waals surface area contributed by atoms with Crippen molar-refractivity contribution in [3.63, 3.8) is 0 Å². The van der Waals surface area contributed by atoms with E-state index < -0.39 is 66.5 Å². The third-order valence-electron chi connectivity index (χ3n) is 15.4. The van der Waals surface area contributed by atoms with Crippen LogP contribution in [0.25, 0.3) is 11.1 Å². The maximum Gasteiger partial charge on any atom is 0.481 e. The van der Waals surface area contributed by atoms with E-state index in [2.05, 4.69) is 78.5 Å². The van der Waals surface area contributed by atoms with Crippen molar-refractivity contribution in [2.45, 2.75) is 173 Å². The van der Waals surface area contributed by atoms with Gasteiger partial charge in [-0.3, -0.25) is 28.8 Å². The summed E-state index contributed by atoms with van der Waals surface area (Å²) in [6.45, 7) is 13.5. The number of carbonyl (C=O) groups excluding carboxylic acids is 6. The van der Waals surface area contributed by atoms with Gasteiger partial charge in [-0.1, -0.05) is 63.6 Å². The molecule has 7 rings (SSSR count). The van der Waals surface area contributed by atoms with Crippen LogP contribution >= 0.6 is 0 Å². The standard InChI is InChI=1S/C52H79BN8O8/c1-7-8-14-35-18-20-36(21-19-35)37-22-24-38(25-23-37)47(64)56-29-26-45(62)59-41(16-10-12-28-55)50(67)61-30-13-17-42(61)49(66)57-33(2)46(63)60-40(15-9-11-27-54)48(65)58-34(3)53-68-44-32-39-31-43(51(39,4)5)52(44,6)69-53/h18-25,33-34,39-44H,7-17,26-32,54-55H2,1-6H3,(H,56,64)(H,57,66)(H,58,65)(H,59,62)(H,60,63)/t33-,34-,39-,40-,41-,42-,43-,44?,52-/m0/s1. The zero-order valence-corrected chi connectivity index (χ0v) is 41.9. The first-order chi connectivity index (χ1) is 33.0. The van der Waals surface area contributed by atoms with Gasteiger partial charge in [-0.25, -0.2) is 0 Å². The number of amides is 6. The third-order valence-corrected chi connectivity index (χ3v) is 15.4. The smallest absolute Gasteiger partial charge is 0.404 e. The number of benzene rings is 2. The van der Waals surface area contributed by atoms with Crippen LogP contribution in [0.3, 0.4) is 0 Å². The molecule has 0 radical (unpaired) electrons. The van der Waals surface area contributed by atoms with Crippen molar-refractivity contribution in [1.29, 1.82) is 0 Å². The minimum absolute atomic E-state index is 0.0408. The Morgan fingerprint density at radius 2 is 1.45 bits per heavy atom. The molecular weight excluding hydrogens is 875 g/mol. The average Bonchev–Trinajstić information content (AvgIpc) is 3.98. The summed E-state index contributed by atoms with van der Waals surface area (Å²) in [7, 11) is -0.630. The summed E-state index contributed by atoms with van der Waals surface area (Å²) in [5.41, 5.74) is 15.1. The second kappa shape index (κ2) is 24.3. The number of carbonyl (C=O) groups is 6. The zero-order chi connectivity index (χ0) is 49.9. The van der Waals surface area contributed by atoms with E-state index in [4.69, 9.17) is 20.8 Å². The molecule has 2 heterocycles. The van der Waals surface area contributed by atoms with E-state index in [1.54, 1.807) is 19.1 Å². The minimum Gasteiger partial charge on any atom is -0.404 e. The summed E-state index contributed by atoms with van der Waals surface area (Å²) in [6.07, 6.45) is 9.34. The number of rotatable bonds is 25. The first-order valence-corrected chi connectivity index (χ1v) is 25.7. The van der Waals surface area contributed by atoms with Gasteiger partial charge in [-0.05, 0) is 157 Å². The van der Waals surface area contributed by atoms with Crippen molar-refractivity contribution >= 4 is 42.6 Å². The van der Waals surface area contributed by atoms with Gasteiger partial charge in [0.2, 0.25) is 29.5 Å². The molecule has 69 heavy (non-hydrogen) atoms. The maximum absolute atomic E-state index is 14.1. The molecule has 3 saturated carbocycles. The molecular formula is C52H79BN8O8. The van der Waals surface area contributed by atoms with E-state index in [0.29, 0.717) is 88.4 Å². The molecule has 2 aliphatic heterocycles. The van der Waals surface area contributed by atoms with Crippen molar-refractivity contribution in [2.24, 2.45) is 28.7 Å². The van der Waals surface area contributed by atoms with E-state index in [0.717, 1.165) is 43.2 Å². The highest BCUT2D eigenvalue weighted by molar-refractivity contribution is 6.47. The number of likely N-dealkylation sites (tertiary alicyclic amines) is 1. The lowest BCUT2D eigenvalue weighted by Gasteiger charge is -2.64. The summed E-state index contributed by atoms with van der Waals surface area (Å²) in [5.74, 6) is -2.09. The van der Waals surface area contributed by atoms with Gasteiger partial charge in [-0.15, -0.1) is 0 Å². The highest BCUT2D eigenvalue weighted by atomic mass is 16.7. The largest absolute Gasteiger partial charge is 0.481 e. The summed E-state index contributed by atoms with van der Waals surface area (Å²) in [6, 6.07) is 12.1. The number of unbranched alkanes of at least 4 members (excludes halogenated alkanes) is 3. The Morgan fingerprint density at radius 3 is 2.09 bits per heavy atom. The van der Waals surface area contributed by atoms with Crippen LogP contribution in [0.5, 0.6) is 0 Å². The first-order valence-electron chi connectivity index (χ1n) is 25.7. The summed E-state index contributed by atoms with van der Waals surface area (Å²) >= 11 is 0. The third kappa shape index (κ3) is 13.1. The van der Waals surface area contributed by atoms with Crippen LogP contribution in [-0.4, -0.2) is 115 Å². The van der Waals surface area contributed by atoms with Gasteiger partial charge in [0.05, 0.1) is 17.6 Å². The molecule has 5 aliphatic rings. The van der Waals surface area contributed by atoms with E-state index in [1.807, 2.05) is 19.1 Å². The van der Waals surface area contributed by atoms with E-state index >= 15 is 0 Å². The second-order valence-electron chi connectivity index (χ2n) is 20.7. The normalized spacial score (nSPS) is 23.9. The molecule has 0 aromatic heterocycles. The Balaban J connectivity index is 0.982. The van der Waals surface area contributed by atoms with Gasteiger partial charge in [0, 0.05) is 25.1 Å². The molecule has 9 N–H and O–H groups in total. The van der Waals surface area contributed by atoms with Crippen LogP contribution in [0.1, 0.15) is 141 Å². The van der Waals surface area contributed by atoms with Gasteiger partial charge in [0.25, 0.3) is 5.91 Å². The molecule has 3 aliphatic carbocycles. The first kappa shape index (κ1) is 53.5. The Labute approximate surface area is 409 Å². The number of nitrogens with two attached hydrogens (primary N) is 2. The monoisotopic (exact) mass is 955 g/mol. The molecule has 2 aromatic rings. The van der Waals surface area contributed by atoms with E-state index in [1.165, 1.54) is 10.5 Å². The van der Waals surface area contributed by atoms with E-state index in [-0.39, 0.29) is 36.3 Å². The van der Waals surface area contributed by atoms with Crippen LogP contribution in [-0.2, 0) is 39.7 Å². The maximum atomic E-state index is 14.1. The minimum atomic E-state index is -1.03.